The maximum atomic E-state index is 13.0. The van der Waals surface area contributed by atoms with E-state index in [2.05, 4.69) is 6.07 Å². The molecule has 4 rings (SSSR count). The fraction of sp³-hybridized carbons (Fsp3) is 0.158. The van der Waals surface area contributed by atoms with E-state index < -0.39 is 12.1 Å². The molecule has 0 bridgehead atoms. The first-order valence-corrected chi connectivity index (χ1v) is 8.17. The van der Waals surface area contributed by atoms with Gasteiger partial charge in [0.1, 0.15) is 11.8 Å². The van der Waals surface area contributed by atoms with Crippen LogP contribution in [0.3, 0.4) is 0 Å². The van der Waals surface area contributed by atoms with Gasteiger partial charge in [0.05, 0.1) is 28.7 Å². The number of nitriles is 1. The van der Waals surface area contributed by atoms with Crippen molar-refractivity contribution in [1.82, 2.24) is 0 Å². The minimum absolute atomic E-state index is 0.170. The summed E-state index contributed by atoms with van der Waals surface area (Å²) in [6, 6.07) is 16.0. The van der Waals surface area contributed by atoms with Crippen molar-refractivity contribution >= 4 is 28.3 Å². The number of benzene rings is 2. The van der Waals surface area contributed by atoms with Crippen molar-refractivity contribution in [2.24, 2.45) is 0 Å². The lowest BCUT2D eigenvalue weighted by Crippen LogP contribution is -2.26. The van der Waals surface area contributed by atoms with Crippen molar-refractivity contribution in [2.45, 2.75) is 18.6 Å². The largest absolute Gasteiger partial charge is 0.464 e. The predicted octanol–water partition coefficient (Wildman–Crippen LogP) is 4.22. The van der Waals surface area contributed by atoms with E-state index in [-0.39, 0.29) is 5.43 Å². The van der Waals surface area contributed by atoms with E-state index >= 15 is 0 Å². The van der Waals surface area contributed by atoms with Gasteiger partial charge in [0.15, 0.2) is 11.5 Å². The molecule has 3 aromatic rings. The van der Waals surface area contributed by atoms with Crippen molar-refractivity contribution in [3.05, 3.63) is 75.6 Å². The van der Waals surface area contributed by atoms with E-state index in [4.69, 9.17) is 20.9 Å². The van der Waals surface area contributed by atoms with Crippen LogP contribution < -0.4 is 10.5 Å². The minimum Gasteiger partial charge on any atom is -0.464 e. The number of hydroxylamine groups is 1. The summed E-state index contributed by atoms with van der Waals surface area (Å²) in [4.78, 5) is 18.7. The average Bonchev–Trinajstić information content (AvgIpc) is 3.07. The number of halogens is 1. The van der Waals surface area contributed by atoms with Gasteiger partial charge in [0, 0.05) is 11.4 Å². The summed E-state index contributed by atoms with van der Waals surface area (Å²) in [6.07, 6.45) is 1.20. The highest BCUT2D eigenvalue weighted by Crippen LogP contribution is 2.37. The van der Waals surface area contributed by atoms with Crippen LogP contribution in [-0.4, -0.2) is 6.10 Å². The molecule has 6 heteroatoms. The molecule has 0 unspecified atom stereocenters. The molecule has 1 aliphatic heterocycles. The third kappa shape index (κ3) is 2.76. The third-order valence-corrected chi connectivity index (χ3v) is 4.47. The predicted molar refractivity (Wildman–Crippen MR) is 94.3 cm³/mol. The Morgan fingerprint density at radius 1 is 1.20 bits per heavy atom. The molecule has 2 aromatic carbocycles. The number of anilines is 1. The normalized spacial score (nSPS) is 19.9. The molecule has 2 atom stereocenters. The Hall–Kier alpha value is -2.81. The maximum absolute atomic E-state index is 13.0. The van der Waals surface area contributed by atoms with Gasteiger partial charge in [-0.2, -0.15) is 5.26 Å². The zero-order valence-corrected chi connectivity index (χ0v) is 13.8. The summed E-state index contributed by atoms with van der Waals surface area (Å²) >= 11 is 6.01. The van der Waals surface area contributed by atoms with Gasteiger partial charge in [0.25, 0.3) is 0 Å². The van der Waals surface area contributed by atoms with Gasteiger partial charge in [0.2, 0.25) is 0 Å². The van der Waals surface area contributed by atoms with Gasteiger partial charge in [-0.05, 0) is 30.3 Å². The Morgan fingerprint density at radius 2 is 2.00 bits per heavy atom. The molecule has 5 nitrogen and oxygen atoms in total. The standard InChI is InChI=1S/C19H13ClN2O3/c20-12-6-7-18-15(8-12)19(23)16(11-24-18)17-9-14(10-21)25-22(17)13-4-2-1-3-5-13/h1-8,11,14,17H,9H2/t14-,17+/m1/s1. The van der Waals surface area contributed by atoms with Crippen LogP contribution in [0.5, 0.6) is 0 Å². The first kappa shape index (κ1) is 15.7. The van der Waals surface area contributed by atoms with Crippen LogP contribution in [0.4, 0.5) is 5.69 Å². The SMILES string of the molecule is N#C[C@H]1C[C@@H](c2coc3ccc(Cl)cc3c2=O)N(c2ccccc2)O1. The van der Waals surface area contributed by atoms with Gasteiger partial charge < -0.3 is 4.42 Å². The smallest absolute Gasteiger partial charge is 0.198 e. The molecule has 1 fully saturated rings. The second-order valence-corrected chi connectivity index (χ2v) is 6.23. The van der Waals surface area contributed by atoms with Crippen molar-refractivity contribution < 1.29 is 9.25 Å². The van der Waals surface area contributed by atoms with E-state index in [1.807, 2.05) is 30.3 Å². The fourth-order valence-electron chi connectivity index (χ4n) is 3.05. The number of rotatable bonds is 2. The Morgan fingerprint density at radius 3 is 2.76 bits per heavy atom. The van der Waals surface area contributed by atoms with Crippen LogP contribution in [0.25, 0.3) is 11.0 Å². The number of nitrogens with zero attached hydrogens (tertiary/aromatic N) is 2. The molecule has 0 radical (unpaired) electrons. The van der Waals surface area contributed by atoms with Crippen LogP contribution in [0, 0.1) is 11.3 Å². The first-order chi connectivity index (χ1) is 12.2. The Labute approximate surface area is 148 Å². The quantitative estimate of drug-likeness (QED) is 0.690. The fourth-order valence-corrected chi connectivity index (χ4v) is 3.22. The summed E-state index contributed by atoms with van der Waals surface area (Å²) in [6.45, 7) is 0. The molecule has 1 aliphatic rings. The van der Waals surface area contributed by atoms with Crippen LogP contribution in [0.1, 0.15) is 18.0 Å². The van der Waals surface area contributed by atoms with E-state index in [9.17, 15) is 10.1 Å². The van der Waals surface area contributed by atoms with E-state index in [0.717, 1.165) is 5.69 Å². The molecule has 25 heavy (non-hydrogen) atoms. The average molecular weight is 353 g/mol. The summed E-state index contributed by atoms with van der Waals surface area (Å²) in [7, 11) is 0. The molecule has 0 saturated carbocycles. The molecule has 1 saturated heterocycles. The summed E-state index contributed by atoms with van der Waals surface area (Å²) in [5.41, 5.74) is 1.52. The highest BCUT2D eigenvalue weighted by atomic mass is 35.5. The molecule has 0 amide bonds. The van der Waals surface area contributed by atoms with E-state index in [0.29, 0.717) is 28.0 Å². The minimum atomic E-state index is -0.625. The lowest BCUT2D eigenvalue weighted by molar-refractivity contribution is 0.118. The lowest BCUT2D eigenvalue weighted by atomic mass is 10.0. The van der Waals surface area contributed by atoms with Gasteiger partial charge in [-0.25, -0.2) is 5.06 Å². The number of para-hydroxylation sites is 1. The highest BCUT2D eigenvalue weighted by Gasteiger charge is 2.37. The Kier molecular flexibility index (Phi) is 3.92. The molecular weight excluding hydrogens is 340 g/mol. The molecule has 0 spiro atoms. The lowest BCUT2D eigenvalue weighted by Gasteiger charge is -2.24. The van der Waals surface area contributed by atoms with Gasteiger partial charge in [-0.3, -0.25) is 9.63 Å². The first-order valence-electron chi connectivity index (χ1n) is 7.79. The van der Waals surface area contributed by atoms with Crippen LogP contribution in [-0.2, 0) is 4.84 Å². The van der Waals surface area contributed by atoms with Crippen LogP contribution in [0.15, 0.2) is 64.0 Å². The third-order valence-electron chi connectivity index (χ3n) is 4.24. The zero-order valence-electron chi connectivity index (χ0n) is 13.1. The summed E-state index contributed by atoms with van der Waals surface area (Å²) < 4.78 is 5.62. The van der Waals surface area contributed by atoms with Crippen LogP contribution >= 0.6 is 11.6 Å². The number of hydrogen-bond donors (Lipinski definition) is 0. The van der Waals surface area contributed by atoms with Crippen molar-refractivity contribution in [3.8, 4) is 6.07 Å². The zero-order chi connectivity index (χ0) is 17.4. The van der Waals surface area contributed by atoms with Gasteiger partial charge >= 0.3 is 0 Å². The van der Waals surface area contributed by atoms with E-state index in [1.165, 1.54) is 6.26 Å². The van der Waals surface area contributed by atoms with Crippen molar-refractivity contribution in [3.63, 3.8) is 0 Å². The molecule has 124 valence electrons. The topological polar surface area (TPSA) is 66.5 Å². The second-order valence-electron chi connectivity index (χ2n) is 5.80. The highest BCUT2D eigenvalue weighted by molar-refractivity contribution is 6.31. The molecule has 0 aliphatic carbocycles. The summed E-state index contributed by atoms with van der Waals surface area (Å²) in [5.74, 6) is 0. The molecule has 1 aromatic heterocycles. The molecule has 0 N–H and O–H groups in total. The number of hydrogen-bond acceptors (Lipinski definition) is 5. The van der Waals surface area contributed by atoms with E-state index in [1.54, 1.807) is 23.3 Å². The monoisotopic (exact) mass is 352 g/mol. The Balaban J connectivity index is 1.84. The van der Waals surface area contributed by atoms with Gasteiger partial charge in [-0.1, -0.05) is 29.8 Å². The molecular formula is C19H13ClN2O3. The Bertz CT molecular complexity index is 1030. The summed E-state index contributed by atoms with van der Waals surface area (Å²) in [5, 5.41) is 11.7. The van der Waals surface area contributed by atoms with Crippen LogP contribution in [0.2, 0.25) is 5.02 Å². The van der Waals surface area contributed by atoms with Crippen molar-refractivity contribution in [2.75, 3.05) is 5.06 Å². The maximum Gasteiger partial charge on any atom is 0.198 e. The number of fused-ring (bicyclic) bond motifs is 1. The van der Waals surface area contributed by atoms with Gasteiger partial charge in [-0.15, -0.1) is 0 Å². The molecule has 2 heterocycles. The second kappa shape index (κ2) is 6.25. The van der Waals surface area contributed by atoms with Crippen molar-refractivity contribution in [1.29, 1.82) is 5.26 Å².